The third-order valence-electron chi connectivity index (χ3n) is 2.93. The highest BCUT2D eigenvalue weighted by Gasteiger charge is 2.19. The Morgan fingerprint density at radius 2 is 2.17 bits per heavy atom. The van der Waals surface area contributed by atoms with E-state index in [0.717, 1.165) is 22.5 Å². The van der Waals surface area contributed by atoms with Crippen molar-refractivity contribution in [3.8, 4) is 17.3 Å². The monoisotopic (exact) mass is 241 g/mol. The Morgan fingerprint density at radius 3 is 2.67 bits per heavy atom. The Labute approximate surface area is 106 Å². The largest absolute Gasteiger partial charge is 0.383 e. The molecule has 0 saturated heterocycles. The van der Waals surface area contributed by atoms with Crippen LogP contribution < -0.4 is 5.73 Å². The first-order chi connectivity index (χ1) is 8.56. The minimum atomic E-state index is 0.252. The number of nitrogens with zero attached hydrogens (tertiary/aromatic N) is 3. The third-order valence-corrected chi connectivity index (χ3v) is 2.93. The fourth-order valence-electron chi connectivity index (χ4n) is 2.12. The second-order valence-electron chi connectivity index (χ2n) is 4.49. The van der Waals surface area contributed by atoms with Gasteiger partial charge in [-0.25, -0.2) is 9.97 Å². The van der Waals surface area contributed by atoms with Crippen molar-refractivity contribution in [3.05, 3.63) is 29.3 Å². The van der Waals surface area contributed by atoms with Crippen molar-refractivity contribution in [2.45, 2.75) is 26.7 Å². The molecule has 2 heterocycles. The van der Waals surface area contributed by atoms with Gasteiger partial charge in [-0.1, -0.05) is 13.8 Å². The number of aromatic nitrogens is 3. The van der Waals surface area contributed by atoms with Crippen LogP contribution in [0.25, 0.3) is 11.3 Å². The number of H-pyrrole nitrogens is 1. The van der Waals surface area contributed by atoms with Crippen LogP contribution in [0.2, 0.25) is 0 Å². The molecule has 0 aromatic carbocycles. The Hall–Kier alpha value is -2.35. The number of imidazole rings is 1. The molecular weight excluding hydrogens is 226 g/mol. The van der Waals surface area contributed by atoms with E-state index in [9.17, 15) is 5.26 Å². The number of nitriles is 1. The maximum absolute atomic E-state index is 9.25. The molecule has 0 fully saturated rings. The summed E-state index contributed by atoms with van der Waals surface area (Å²) in [5.41, 5.74) is 9.76. The van der Waals surface area contributed by atoms with E-state index in [1.54, 1.807) is 12.5 Å². The number of nitrogens with one attached hydrogen (secondary N) is 1. The van der Waals surface area contributed by atoms with E-state index in [0.29, 0.717) is 5.56 Å². The van der Waals surface area contributed by atoms with E-state index in [2.05, 4.69) is 34.9 Å². The van der Waals surface area contributed by atoms with E-state index in [4.69, 9.17) is 5.73 Å². The summed E-state index contributed by atoms with van der Waals surface area (Å²) in [5, 5.41) is 9.25. The van der Waals surface area contributed by atoms with Crippen LogP contribution in [0.4, 0.5) is 5.82 Å². The van der Waals surface area contributed by atoms with Gasteiger partial charge in [0.1, 0.15) is 17.5 Å². The molecule has 0 unspecified atom stereocenters. The van der Waals surface area contributed by atoms with Gasteiger partial charge in [-0.15, -0.1) is 0 Å². The van der Waals surface area contributed by atoms with E-state index in [-0.39, 0.29) is 11.7 Å². The van der Waals surface area contributed by atoms with Gasteiger partial charge in [0.05, 0.1) is 18.2 Å². The van der Waals surface area contributed by atoms with Crippen molar-refractivity contribution < 1.29 is 0 Å². The summed E-state index contributed by atoms with van der Waals surface area (Å²) in [6.45, 7) is 6.06. The molecule has 2 rings (SSSR count). The predicted octanol–water partition coefficient (Wildman–Crippen LogP) is 2.36. The first-order valence-corrected chi connectivity index (χ1v) is 5.75. The second-order valence-corrected chi connectivity index (χ2v) is 4.49. The van der Waals surface area contributed by atoms with Crippen LogP contribution in [0.5, 0.6) is 0 Å². The van der Waals surface area contributed by atoms with Crippen molar-refractivity contribution in [2.75, 3.05) is 5.73 Å². The maximum Gasteiger partial charge on any atom is 0.142 e. The highest BCUT2D eigenvalue weighted by Crippen LogP contribution is 2.32. The predicted molar refractivity (Wildman–Crippen MR) is 69.8 cm³/mol. The highest BCUT2D eigenvalue weighted by atomic mass is 14.9. The number of rotatable bonds is 2. The van der Waals surface area contributed by atoms with Gasteiger partial charge in [-0.05, 0) is 18.4 Å². The Balaban J connectivity index is 2.81. The van der Waals surface area contributed by atoms with Gasteiger partial charge in [0.2, 0.25) is 0 Å². The number of nitrogen functional groups attached to an aromatic ring is 1. The minimum Gasteiger partial charge on any atom is -0.383 e. The van der Waals surface area contributed by atoms with E-state index >= 15 is 0 Å². The van der Waals surface area contributed by atoms with Crippen LogP contribution in [-0.2, 0) is 0 Å². The van der Waals surface area contributed by atoms with Crippen LogP contribution in [-0.4, -0.2) is 15.0 Å². The van der Waals surface area contributed by atoms with E-state index in [1.165, 1.54) is 0 Å². The molecule has 0 spiro atoms. The third kappa shape index (κ3) is 1.82. The lowest BCUT2D eigenvalue weighted by atomic mass is 9.95. The van der Waals surface area contributed by atoms with E-state index < -0.39 is 0 Å². The van der Waals surface area contributed by atoms with Crippen molar-refractivity contribution in [1.82, 2.24) is 15.0 Å². The summed E-state index contributed by atoms with van der Waals surface area (Å²) in [7, 11) is 0. The molecule has 0 saturated carbocycles. The first kappa shape index (κ1) is 12.1. The van der Waals surface area contributed by atoms with Gasteiger partial charge in [0.25, 0.3) is 0 Å². The molecule has 0 atom stereocenters. The molecule has 0 aliphatic carbocycles. The molecule has 0 bridgehead atoms. The zero-order valence-corrected chi connectivity index (χ0v) is 10.7. The van der Waals surface area contributed by atoms with Crippen LogP contribution >= 0.6 is 0 Å². The number of nitrogens with two attached hydrogens (primary N) is 1. The lowest BCUT2D eigenvalue weighted by molar-refractivity contribution is 0.814. The van der Waals surface area contributed by atoms with Crippen LogP contribution in [0.15, 0.2) is 12.5 Å². The van der Waals surface area contributed by atoms with Crippen LogP contribution in [0.1, 0.15) is 36.6 Å². The highest BCUT2D eigenvalue weighted by molar-refractivity contribution is 5.76. The van der Waals surface area contributed by atoms with E-state index in [1.807, 2.05) is 6.92 Å². The summed E-state index contributed by atoms with van der Waals surface area (Å²) in [5.74, 6) is 0.526. The Kier molecular flexibility index (Phi) is 3.02. The lowest BCUT2D eigenvalue weighted by Crippen LogP contribution is -2.06. The molecular formula is C13H15N5. The van der Waals surface area contributed by atoms with Gasteiger partial charge in [-0.2, -0.15) is 5.26 Å². The normalized spacial score (nSPS) is 10.6. The molecule has 2 aromatic heterocycles. The molecule has 5 heteroatoms. The SMILES string of the molecule is Cc1c(C(C)C)nc(N)c(C#N)c1-c1cnc[nH]1. The molecule has 18 heavy (non-hydrogen) atoms. The molecule has 3 N–H and O–H groups in total. The summed E-state index contributed by atoms with van der Waals surface area (Å²) in [6.07, 6.45) is 3.27. The minimum absolute atomic E-state index is 0.252. The van der Waals surface area contributed by atoms with Crippen molar-refractivity contribution in [1.29, 1.82) is 5.26 Å². The van der Waals surface area contributed by atoms with Gasteiger partial charge in [0.15, 0.2) is 0 Å². The average Bonchev–Trinajstić information content (AvgIpc) is 2.84. The van der Waals surface area contributed by atoms with Crippen molar-refractivity contribution >= 4 is 5.82 Å². The van der Waals surface area contributed by atoms with Gasteiger partial charge >= 0.3 is 0 Å². The van der Waals surface area contributed by atoms with Crippen molar-refractivity contribution in [3.63, 3.8) is 0 Å². The number of aromatic amines is 1. The molecule has 92 valence electrons. The summed E-state index contributed by atoms with van der Waals surface area (Å²) < 4.78 is 0. The standard InChI is InChI=1S/C13H15N5/c1-7(2)12-8(3)11(10-5-16-6-17-10)9(4-14)13(15)18-12/h5-7H,1-3H3,(H2,15,18)(H,16,17). The summed E-state index contributed by atoms with van der Waals surface area (Å²) in [6, 6.07) is 2.12. The van der Waals surface area contributed by atoms with Crippen LogP contribution in [0.3, 0.4) is 0 Å². The molecule has 0 radical (unpaired) electrons. The number of anilines is 1. The maximum atomic E-state index is 9.25. The fourth-order valence-corrected chi connectivity index (χ4v) is 2.12. The summed E-state index contributed by atoms with van der Waals surface area (Å²) >= 11 is 0. The average molecular weight is 241 g/mol. The topological polar surface area (TPSA) is 91.4 Å². The smallest absolute Gasteiger partial charge is 0.142 e. The number of hydrogen-bond acceptors (Lipinski definition) is 4. The lowest BCUT2D eigenvalue weighted by Gasteiger charge is -2.15. The Bertz CT molecular complexity index is 605. The molecule has 5 nitrogen and oxygen atoms in total. The second kappa shape index (κ2) is 4.49. The molecule has 0 aliphatic rings. The van der Waals surface area contributed by atoms with Crippen LogP contribution in [0, 0.1) is 18.3 Å². The van der Waals surface area contributed by atoms with Gasteiger partial charge in [0, 0.05) is 11.3 Å². The quantitative estimate of drug-likeness (QED) is 0.844. The van der Waals surface area contributed by atoms with Gasteiger partial charge < -0.3 is 10.7 Å². The number of hydrogen-bond donors (Lipinski definition) is 2. The Morgan fingerprint density at radius 1 is 1.44 bits per heavy atom. The number of pyridine rings is 1. The molecule has 0 amide bonds. The zero-order valence-electron chi connectivity index (χ0n) is 10.7. The van der Waals surface area contributed by atoms with Crippen molar-refractivity contribution in [2.24, 2.45) is 0 Å². The zero-order chi connectivity index (χ0) is 13.3. The summed E-state index contributed by atoms with van der Waals surface area (Å²) in [4.78, 5) is 11.3. The van der Waals surface area contributed by atoms with Gasteiger partial charge in [-0.3, -0.25) is 0 Å². The fraction of sp³-hybridized carbons (Fsp3) is 0.308. The molecule has 0 aliphatic heterocycles. The first-order valence-electron chi connectivity index (χ1n) is 5.75. The molecule has 2 aromatic rings.